The van der Waals surface area contributed by atoms with Crippen LogP contribution in [-0.2, 0) is 11.3 Å². The Morgan fingerprint density at radius 3 is 2.94 bits per heavy atom. The number of hydrogen-bond acceptors (Lipinski definition) is 3. The van der Waals surface area contributed by atoms with Gasteiger partial charge >= 0.3 is 6.03 Å². The number of urea groups is 1. The molecule has 2 rings (SSSR count). The molecule has 16 heavy (non-hydrogen) atoms. The lowest BCUT2D eigenvalue weighted by molar-refractivity contribution is 0.0531. The van der Waals surface area contributed by atoms with Crippen molar-refractivity contribution in [1.29, 1.82) is 0 Å². The number of thiophene rings is 1. The fourth-order valence-electron chi connectivity index (χ4n) is 1.62. The van der Waals surface area contributed by atoms with Gasteiger partial charge in [0.2, 0.25) is 0 Å². The summed E-state index contributed by atoms with van der Waals surface area (Å²) in [7, 11) is 0. The van der Waals surface area contributed by atoms with Crippen molar-refractivity contribution < 1.29 is 9.53 Å². The third kappa shape index (κ3) is 2.74. The van der Waals surface area contributed by atoms with Crippen LogP contribution in [0.5, 0.6) is 0 Å². The average Bonchev–Trinajstić information content (AvgIpc) is 2.73. The molecule has 0 aliphatic carbocycles. The molecule has 0 unspecified atom stereocenters. The summed E-state index contributed by atoms with van der Waals surface area (Å²) in [5.74, 6) is 0. The molecule has 0 aromatic carbocycles. The molecule has 1 saturated heterocycles. The quantitative estimate of drug-likeness (QED) is 0.853. The number of rotatable bonds is 2. The number of aryl methyl sites for hydroxylation is 1. The molecule has 1 N–H and O–H groups in total. The standard InChI is InChI=1S/C11H16N2O2S/c1-9-2-7-16-10(9)8-12-11(14)13-3-5-15-6-4-13/h2,7H,3-6,8H2,1H3,(H,12,14). The zero-order valence-corrected chi connectivity index (χ0v) is 10.2. The molecule has 5 heteroatoms. The number of morpholine rings is 1. The average molecular weight is 240 g/mol. The predicted octanol–water partition coefficient (Wildman–Crippen LogP) is 1.60. The van der Waals surface area contributed by atoms with Gasteiger partial charge in [-0.2, -0.15) is 0 Å². The number of carbonyl (C=O) groups is 1. The lowest BCUT2D eigenvalue weighted by Crippen LogP contribution is -2.45. The molecule has 0 atom stereocenters. The molecule has 1 aliphatic heterocycles. The van der Waals surface area contributed by atoms with Crippen LogP contribution in [0.15, 0.2) is 11.4 Å². The second kappa shape index (κ2) is 5.32. The lowest BCUT2D eigenvalue weighted by atomic mass is 10.3. The summed E-state index contributed by atoms with van der Waals surface area (Å²) < 4.78 is 5.20. The van der Waals surface area contributed by atoms with Gasteiger partial charge in [-0.25, -0.2) is 4.79 Å². The maximum Gasteiger partial charge on any atom is 0.317 e. The zero-order valence-electron chi connectivity index (χ0n) is 9.36. The van der Waals surface area contributed by atoms with Gasteiger partial charge in [-0.15, -0.1) is 11.3 Å². The lowest BCUT2D eigenvalue weighted by Gasteiger charge is -2.26. The van der Waals surface area contributed by atoms with Crippen LogP contribution in [0.2, 0.25) is 0 Å². The summed E-state index contributed by atoms with van der Waals surface area (Å²) in [5, 5.41) is 4.98. The molecule has 1 aliphatic rings. The van der Waals surface area contributed by atoms with E-state index >= 15 is 0 Å². The second-order valence-corrected chi connectivity index (χ2v) is 4.79. The van der Waals surface area contributed by atoms with Crippen molar-refractivity contribution >= 4 is 17.4 Å². The van der Waals surface area contributed by atoms with Crippen molar-refractivity contribution in [2.75, 3.05) is 26.3 Å². The largest absolute Gasteiger partial charge is 0.378 e. The van der Waals surface area contributed by atoms with E-state index in [1.165, 1.54) is 10.4 Å². The van der Waals surface area contributed by atoms with E-state index in [0.717, 1.165) is 0 Å². The number of hydrogen-bond donors (Lipinski definition) is 1. The van der Waals surface area contributed by atoms with Crippen LogP contribution in [0.4, 0.5) is 4.79 Å². The van der Waals surface area contributed by atoms with Crippen molar-refractivity contribution in [3.8, 4) is 0 Å². The Morgan fingerprint density at radius 1 is 1.56 bits per heavy atom. The molecule has 2 amide bonds. The van der Waals surface area contributed by atoms with Gasteiger partial charge in [0.25, 0.3) is 0 Å². The molecule has 88 valence electrons. The summed E-state index contributed by atoms with van der Waals surface area (Å²) in [6.07, 6.45) is 0. The summed E-state index contributed by atoms with van der Waals surface area (Å²) in [6, 6.07) is 2.08. The van der Waals surface area contributed by atoms with Crippen LogP contribution >= 0.6 is 11.3 Å². The number of nitrogens with zero attached hydrogens (tertiary/aromatic N) is 1. The van der Waals surface area contributed by atoms with E-state index in [9.17, 15) is 4.79 Å². The molecule has 4 nitrogen and oxygen atoms in total. The third-order valence-corrected chi connectivity index (χ3v) is 3.69. The van der Waals surface area contributed by atoms with Crippen LogP contribution in [0.3, 0.4) is 0 Å². The van der Waals surface area contributed by atoms with Crippen molar-refractivity contribution in [2.24, 2.45) is 0 Å². The minimum atomic E-state index is 0.0103. The first-order valence-corrected chi connectivity index (χ1v) is 6.29. The minimum Gasteiger partial charge on any atom is -0.378 e. The Bertz CT molecular complexity index is 359. The molecule has 0 saturated carbocycles. The fourth-order valence-corrected chi connectivity index (χ4v) is 2.47. The van der Waals surface area contributed by atoms with Crippen molar-refractivity contribution in [3.63, 3.8) is 0 Å². The van der Waals surface area contributed by atoms with E-state index in [0.29, 0.717) is 32.8 Å². The highest BCUT2D eigenvalue weighted by Gasteiger charge is 2.16. The molecule has 2 heterocycles. The Morgan fingerprint density at radius 2 is 2.31 bits per heavy atom. The number of carbonyl (C=O) groups excluding carboxylic acids is 1. The van der Waals surface area contributed by atoms with E-state index in [2.05, 4.69) is 18.3 Å². The molecule has 1 aromatic heterocycles. The van der Waals surface area contributed by atoms with E-state index < -0.39 is 0 Å². The van der Waals surface area contributed by atoms with Gasteiger partial charge in [-0.3, -0.25) is 0 Å². The van der Waals surface area contributed by atoms with Crippen LogP contribution in [0.25, 0.3) is 0 Å². The van der Waals surface area contributed by atoms with E-state index in [4.69, 9.17) is 4.74 Å². The Labute approximate surface area is 99.2 Å². The van der Waals surface area contributed by atoms with Gasteiger partial charge in [0.15, 0.2) is 0 Å². The molecule has 1 aromatic rings. The van der Waals surface area contributed by atoms with Gasteiger partial charge in [0.1, 0.15) is 0 Å². The highest BCUT2D eigenvalue weighted by Crippen LogP contribution is 2.14. The van der Waals surface area contributed by atoms with E-state index in [1.807, 2.05) is 5.38 Å². The Kier molecular flexibility index (Phi) is 3.79. The fraction of sp³-hybridized carbons (Fsp3) is 0.545. The number of ether oxygens (including phenoxy) is 1. The smallest absolute Gasteiger partial charge is 0.317 e. The van der Waals surface area contributed by atoms with Crippen molar-refractivity contribution in [2.45, 2.75) is 13.5 Å². The molecule has 0 spiro atoms. The first kappa shape index (κ1) is 11.4. The van der Waals surface area contributed by atoms with Crippen LogP contribution in [0.1, 0.15) is 10.4 Å². The maximum atomic E-state index is 11.8. The van der Waals surface area contributed by atoms with Crippen LogP contribution in [0, 0.1) is 6.92 Å². The topological polar surface area (TPSA) is 41.6 Å². The van der Waals surface area contributed by atoms with Gasteiger partial charge in [-0.1, -0.05) is 0 Å². The Balaban J connectivity index is 1.81. The molecular weight excluding hydrogens is 224 g/mol. The summed E-state index contributed by atoms with van der Waals surface area (Å²) >= 11 is 1.68. The highest BCUT2D eigenvalue weighted by atomic mass is 32.1. The number of nitrogens with one attached hydrogen (secondary N) is 1. The summed E-state index contributed by atoms with van der Waals surface area (Å²) in [6.45, 7) is 5.35. The molecule has 0 bridgehead atoms. The normalized spacial score (nSPS) is 16.2. The van der Waals surface area contributed by atoms with Gasteiger partial charge in [0, 0.05) is 18.0 Å². The third-order valence-electron chi connectivity index (χ3n) is 2.67. The number of amides is 2. The molecule has 1 fully saturated rings. The van der Waals surface area contributed by atoms with Gasteiger partial charge in [-0.05, 0) is 23.9 Å². The van der Waals surface area contributed by atoms with Crippen molar-refractivity contribution in [1.82, 2.24) is 10.2 Å². The summed E-state index contributed by atoms with van der Waals surface area (Å²) in [4.78, 5) is 14.8. The van der Waals surface area contributed by atoms with E-state index in [-0.39, 0.29) is 6.03 Å². The molecule has 0 radical (unpaired) electrons. The monoisotopic (exact) mass is 240 g/mol. The van der Waals surface area contributed by atoms with Gasteiger partial charge < -0.3 is 15.0 Å². The van der Waals surface area contributed by atoms with Crippen LogP contribution in [-0.4, -0.2) is 37.2 Å². The van der Waals surface area contributed by atoms with Gasteiger partial charge in [0.05, 0.1) is 19.8 Å². The van der Waals surface area contributed by atoms with E-state index in [1.54, 1.807) is 16.2 Å². The summed E-state index contributed by atoms with van der Waals surface area (Å²) in [5.41, 5.74) is 1.24. The zero-order chi connectivity index (χ0) is 11.4. The minimum absolute atomic E-state index is 0.0103. The maximum absolute atomic E-state index is 11.8. The first-order chi connectivity index (χ1) is 7.77. The predicted molar refractivity (Wildman–Crippen MR) is 63.7 cm³/mol. The first-order valence-electron chi connectivity index (χ1n) is 5.41. The SMILES string of the molecule is Cc1ccsc1CNC(=O)N1CCOCC1. The Hall–Kier alpha value is -1.07. The van der Waals surface area contributed by atoms with Crippen LogP contribution < -0.4 is 5.32 Å². The second-order valence-electron chi connectivity index (χ2n) is 3.78. The van der Waals surface area contributed by atoms with Crippen molar-refractivity contribution in [3.05, 3.63) is 21.9 Å². The highest BCUT2D eigenvalue weighted by molar-refractivity contribution is 7.10. The molecular formula is C11H16N2O2S.